The second-order valence-corrected chi connectivity index (χ2v) is 5.48. The van der Waals surface area contributed by atoms with Gasteiger partial charge in [-0.05, 0) is 51.9 Å². The van der Waals surface area contributed by atoms with Gasteiger partial charge in [-0.25, -0.2) is 0 Å². The van der Waals surface area contributed by atoms with Gasteiger partial charge in [0.25, 0.3) is 0 Å². The smallest absolute Gasteiger partial charge is 0.0683 e. The summed E-state index contributed by atoms with van der Waals surface area (Å²) < 4.78 is 0. The number of hydrogen-bond donors (Lipinski definition) is 2. The van der Waals surface area contributed by atoms with Crippen molar-refractivity contribution in [3.8, 4) is 0 Å². The highest BCUT2D eigenvalue weighted by atomic mass is 16.3. The molecule has 2 saturated heterocycles. The molecule has 0 aliphatic carbocycles. The first kappa shape index (κ1) is 13.3. The molecule has 100 valence electrons. The Hall–Kier alpha value is -0.160. The molecule has 2 aliphatic heterocycles. The average Bonchev–Trinajstić information content (AvgIpc) is 2.71. The summed E-state index contributed by atoms with van der Waals surface area (Å²) in [6.45, 7) is 5.62. The van der Waals surface area contributed by atoms with Crippen molar-refractivity contribution in [2.45, 2.75) is 44.2 Å². The maximum atomic E-state index is 9.59. The molecule has 0 aromatic heterocycles. The highest BCUT2D eigenvalue weighted by molar-refractivity contribution is 4.84. The minimum absolute atomic E-state index is 0.181. The van der Waals surface area contributed by atoms with E-state index in [0.717, 1.165) is 25.9 Å². The van der Waals surface area contributed by atoms with Gasteiger partial charge in [0.05, 0.1) is 12.7 Å². The number of hydrogen-bond acceptors (Lipinski definition) is 4. The van der Waals surface area contributed by atoms with E-state index < -0.39 is 0 Å². The lowest BCUT2D eigenvalue weighted by Crippen LogP contribution is -2.36. The number of likely N-dealkylation sites (tertiary alicyclic amines) is 2. The Kier molecular flexibility index (Phi) is 5.22. The van der Waals surface area contributed by atoms with Gasteiger partial charge >= 0.3 is 0 Å². The highest BCUT2D eigenvalue weighted by Crippen LogP contribution is 2.18. The van der Waals surface area contributed by atoms with Gasteiger partial charge in [0.2, 0.25) is 0 Å². The van der Waals surface area contributed by atoms with E-state index in [1.807, 2.05) is 0 Å². The van der Waals surface area contributed by atoms with Crippen LogP contribution in [0.2, 0.25) is 0 Å². The Morgan fingerprint density at radius 3 is 2.53 bits per heavy atom. The first-order chi connectivity index (χ1) is 8.29. The molecule has 0 aromatic rings. The fraction of sp³-hybridized carbons (Fsp3) is 1.00. The summed E-state index contributed by atoms with van der Waals surface area (Å²) >= 11 is 0. The lowest BCUT2D eigenvalue weighted by molar-refractivity contribution is 0.144. The van der Waals surface area contributed by atoms with Gasteiger partial charge in [0, 0.05) is 12.6 Å². The molecule has 4 heteroatoms. The molecule has 2 heterocycles. The second-order valence-electron chi connectivity index (χ2n) is 5.48. The van der Waals surface area contributed by atoms with Gasteiger partial charge in [0.15, 0.2) is 0 Å². The van der Waals surface area contributed by atoms with E-state index in [1.165, 1.54) is 38.9 Å². The molecule has 0 radical (unpaired) electrons. The number of nitrogens with zero attached hydrogens (tertiary/aromatic N) is 2. The van der Waals surface area contributed by atoms with Crippen molar-refractivity contribution in [3.63, 3.8) is 0 Å². The van der Waals surface area contributed by atoms with E-state index >= 15 is 0 Å². The summed E-state index contributed by atoms with van der Waals surface area (Å²) in [4.78, 5) is 4.79. The fourth-order valence-electron chi connectivity index (χ4n) is 3.10. The molecule has 0 bridgehead atoms. The van der Waals surface area contributed by atoms with Gasteiger partial charge < -0.3 is 15.1 Å². The van der Waals surface area contributed by atoms with Crippen molar-refractivity contribution >= 4 is 0 Å². The molecule has 0 spiro atoms. The topological polar surface area (TPSA) is 46.9 Å². The van der Waals surface area contributed by atoms with Crippen molar-refractivity contribution in [1.29, 1.82) is 0 Å². The zero-order valence-electron chi connectivity index (χ0n) is 10.7. The Morgan fingerprint density at radius 2 is 1.82 bits per heavy atom. The van der Waals surface area contributed by atoms with Gasteiger partial charge in [-0.2, -0.15) is 0 Å². The summed E-state index contributed by atoms with van der Waals surface area (Å²) in [5, 5.41) is 18.8. The zero-order chi connectivity index (χ0) is 12.1. The summed E-state index contributed by atoms with van der Waals surface area (Å²) in [5.41, 5.74) is 0. The Balaban J connectivity index is 1.63. The summed E-state index contributed by atoms with van der Waals surface area (Å²) in [6.07, 6.45) is 5.75. The maximum absolute atomic E-state index is 9.59. The van der Waals surface area contributed by atoms with Crippen molar-refractivity contribution in [1.82, 2.24) is 9.80 Å². The van der Waals surface area contributed by atoms with Gasteiger partial charge in [-0.1, -0.05) is 6.42 Å². The van der Waals surface area contributed by atoms with E-state index in [2.05, 4.69) is 9.80 Å². The molecular formula is C13H26N2O2. The van der Waals surface area contributed by atoms with Crippen LogP contribution in [0.3, 0.4) is 0 Å². The fourth-order valence-corrected chi connectivity index (χ4v) is 3.10. The SMILES string of the molecule is OC[C@@H]1C[C@H](O)CN1CCCN1CCCCC1. The molecular weight excluding hydrogens is 216 g/mol. The minimum Gasteiger partial charge on any atom is -0.395 e. The monoisotopic (exact) mass is 242 g/mol. The largest absolute Gasteiger partial charge is 0.395 e. The van der Waals surface area contributed by atoms with E-state index in [9.17, 15) is 10.2 Å². The van der Waals surface area contributed by atoms with Crippen LogP contribution in [0.5, 0.6) is 0 Å². The maximum Gasteiger partial charge on any atom is 0.0683 e. The number of aliphatic hydroxyl groups excluding tert-OH is 2. The molecule has 2 atom stereocenters. The van der Waals surface area contributed by atoms with Crippen LogP contribution < -0.4 is 0 Å². The lowest BCUT2D eigenvalue weighted by Gasteiger charge is -2.28. The van der Waals surface area contributed by atoms with Crippen LogP contribution >= 0.6 is 0 Å². The number of aliphatic hydroxyl groups is 2. The van der Waals surface area contributed by atoms with Gasteiger partial charge in [-0.3, -0.25) is 4.90 Å². The molecule has 0 aromatic carbocycles. The third kappa shape index (κ3) is 3.91. The molecule has 2 N–H and O–H groups in total. The van der Waals surface area contributed by atoms with Gasteiger partial charge in [-0.15, -0.1) is 0 Å². The first-order valence-corrected chi connectivity index (χ1v) is 7.05. The van der Waals surface area contributed by atoms with E-state index in [4.69, 9.17) is 0 Å². The molecule has 2 aliphatic rings. The van der Waals surface area contributed by atoms with Crippen LogP contribution in [-0.2, 0) is 0 Å². The summed E-state index contributed by atoms with van der Waals surface area (Å²) in [5.74, 6) is 0. The molecule has 2 fully saturated rings. The van der Waals surface area contributed by atoms with Gasteiger partial charge in [0.1, 0.15) is 0 Å². The minimum atomic E-state index is -0.234. The standard InChI is InChI=1S/C13H26N2O2/c16-11-12-9-13(17)10-15(12)8-4-7-14-5-2-1-3-6-14/h12-13,16-17H,1-11H2/t12-,13-/m0/s1. The van der Waals surface area contributed by atoms with Crippen LogP contribution in [-0.4, -0.2) is 71.5 Å². The molecule has 0 unspecified atom stereocenters. The zero-order valence-corrected chi connectivity index (χ0v) is 10.7. The molecule has 4 nitrogen and oxygen atoms in total. The lowest BCUT2D eigenvalue weighted by atomic mass is 10.1. The van der Waals surface area contributed by atoms with E-state index in [1.54, 1.807) is 0 Å². The van der Waals surface area contributed by atoms with Crippen LogP contribution in [0.15, 0.2) is 0 Å². The Bertz CT molecular complexity index is 219. The quantitative estimate of drug-likeness (QED) is 0.727. The number of β-amino-alcohol motifs (C(OH)–C–C–N with tert-alkyl or cyclic N) is 1. The van der Waals surface area contributed by atoms with E-state index in [-0.39, 0.29) is 18.8 Å². The highest BCUT2D eigenvalue weighted by Gasteiger charge is 2.29. The Labute approximate surface area is 104 Å². The number of rotatable bonds is 5. The van der Waals surface area contributed by atoms with Crippen LogP contribution in [0.25, 0.3) is 0 Å². The molecule has 0 amide bonds. The molecule has 0 saturated carbocycles. The van der Waals surface area contributed by atoms with Crippen molar-refractivity contribution in [3.05, 3.63) is 0 Å². The molecule has 2 rings (SSSR count). The van der Waals surface area contributed by atoms with Crippen LogP contribution in [0.4, 0.5) is 0 Å². The normalized spacial score (nSPS) is 32.1. The third-order valence-electron chi connectivity index (χ3n) is 4.08. The Morgan fingerprint density at radius 1 is 1.06 bits per heavy atom. The molecule has 17 heavy (non-hydrogen) atoms. The average molecular weight is 242 g/mol. The first-order valence-electron chi connectivity index (χ1n) is 7.05. The summed E-state index contributed by atoms with van der Waals surface area (Å²) in [6, 6.07) is 0.186. The van der Waals surface area contributed by atoms with Crippen molar-refractivity contribution in [2.24, 2.45) is 0 Å². The number of piperidine rings is 1. The predicted molar refractivity (Wildman–Crippen MR) is 68.0 cm³/mol. The summed E-state index contributed by atoms with van der Waals surface area (Å²) in [7, 11) is 0. The third-order valence-corrected chi connectivity index (χ3v) is 4.08. The van der Waals surface area contributed by atoms with E-state index in [0.29, 0.717) is 0 Å². The predicted octanol–water partition coefficient (Wildman–Crippen LogP) is 0.290. The second kappa shape index (κ2) is 6.69. The van der Waals surface area contributed by atoms with Crippen LogP contribution in [0, 0.1) is 0 Å². The van der Waals surface area contributed by atoms with Crippen molar-refractivity contribution in [2.75, 3.05) is 39.3 Å². The van der Waals surface area contributed by atoms with Crippen molar-refractivity contribution < 1.29 is 10.2 Å². The van der Waals surface area contributed by atoms with Crippen LogP contribution in [0.1, 0.15) is 32.1 Å².